The molecule has 5 N–H and O–H groups in total. The Balaban J connectivity index is 2.34. The highest BCUT2D eigenvalue weighted by atomic mass is 16.5. The molecule has 26 heteroatoms. The molecular formula is C70H125N13O13. The first-order valence-electron chi connectivity index (χ1n) is 35.1. The smallest absolute Gasteiger partial charge is 0.246 e. The fourth-order valence-electron chi connectivity index (χ4n) is 13.2. The van der Waals surface area contributed by atoms with E-state index in [1.54, 1.807) is 47.6 Å². The number of aliphatic hydroxyl groups excluding tert-OH is 1. The zero-order chi connectivity index (χ0) is 73.2. The van der Waals surface area contributed by atoms with Crippen molar-refractivity contribution in [3.05, 3.63) is 12.2 Å². The fourth-order valence-corrected chi connectivity index (χ4v) is 13.2. The quantitative estimate of drug-likeness (QED) is 0.123. The molecule has 3 fully saturated rings. The van der Waals surface area contributed by atoms with E-state index in [1.807, 2.05) is 61.5 Å². The number of carbonyl (C=O) groups excluding carboxylic acids is 11. The van der Waals surface area contributed by atoms with Crippen molar-refractivity contribution in [2.75, 3.05) is 95.3 Å². The van der Waals surface area contributed by atoms with Gasteiger partial charge in [-0.3, -0.25) is 57.6 Å². The SMILES string of the molecule is C/C=C/C[C@@H](C)[C@@H](O)[C@H]1C(=O)N[C@@H](CC)C(=O)N(C)[C@H](C)C(=O)N(C)[C@@H]([C@@H](C)CN2CCN(C3COC3)CC2)C(=O)N[C@@H](C(C)C)C(=O)N(C)[C@@H](CCC(C)C)C(=O)N[C@@H](C)C(=O)N[C@H](C)C(=O)N(C)[C@@H](CC(C)C)C(=O)N(C)[C@@H](CC(C)C)C(=O)N(C)[C@@H](C(C)C)C(=O)N1C. The maximum absolute atomic E-state index is 15.3. The molecule has 0 aliphatic carbocycles. The van der Waals surface area contributed by atoms with Gasteiger partial charge in [0.2, 0.25) is 65.0 Å². The molecule has 3 aliphatic rings. The van der Waals surface area contributed by atoms with Crippen LogP contribution in [0.1, 0.15) is 156 Å². The van der Waals surface area contributed by atoms with Crippen molar-refractivity contribution in [3.8, 4) is 0 Å². The van der Waals surface area contributed by atoms with Gasteiger partial charge in [-0.05, 0) is 108 Å². The number of hydrogen-bond acceptors (Lipinski definition) is 15. The Morgan fingerprint density at radius 2 is 0.990 bits per heavy atom. The highest BCUT2D eigenvalue weighted by Gasteiger charge is 2.47. The lowest BCUT2D eigenvalue weighted by Crippen LogP contribution is -2.64. The molecule has 0 radical (unpaired) electrons. The van der Waals surface area contributed by atoms with E-state index in [-0.39, 0.29) is 43.4 Å². The van der Waals surface area contributed by atoms with Gasteiger partial charge >= 0.3 is 0 Å². The highest BCUT2D eigenvalue weighted by molar-refractivity contribution is 6.00. The summed E-state index contributed by atoms with van der Waals surface area (Å²) in [5, 5.41) is 23.5. The Kier molecular flexibility index (Phi) is 33.4. The molecule has 3 rings (SSSR count). The van der Waals surface area contributed by atoms with Crippen molar-refractivity contribution in [3.63, 3.8) is 0 Å². The van der Waals surface area contributed by atoms with Crippen LogP contribution in [0.25, 0.3) is 0 Å². The predicted octanol–water partition coefficient (Wildman–Crippen LogP) is 2.65. The number of piperazine rings is 1. The Hall–Kier alpha value is -6.25. The number of nitrogens with zero attached hydrogens (tertiary/aromatic N) is 9. The molecule has 3 aliphatic heterocycles. The largest absolute Gasteiger partial charge is 0.390 e. The first-order valence-corrected chi connectivity index (χ1v) is 35.1. The molecule has 14 atom stereocenters. The van der Waals surface area contributed by atoms with Crippen LogP contribution >= 0.6 is 0 Å². The summed E-state index contributed by atoms with van der Waals surface area (Å²) in [6.45, 7) is 34.5. The van der Waals surface area contributed by atoms with Crippen molar-refractivity contribution >= 4 is 65.0 Å². The number of rotatable bonds is 18. The van der Waals surface area contributed by atoms with Crippen LogP contribution in [-0.4, -0.2) is 288 Å². The predicted molar refractivity (Wildman–Crippen MR) is 370 cm³/mol. The summed E-state index contributed by atoms with van der Waals surface area (Å²) in [6, 6.07) is -13.5. The van der Waals surface area contributed by atoms with Gasteiger partial charge in [-0.1, -0.05) is 102 Å². The van der Waals surface area contributed by atoms with E-state index >= 15 is 33.6 Å². The second kappa shape index (κ2) is 38.2. The van der Waals surface area contributed by atoms with Crippen molar-refractivity contribution in [2.24, 2.45) is 41.4 Å². The van der Waals surface area contributed by atoms with Gasteiger partial charge in [0.15, 0.2) is 0 Å². The van der Waals surface area contributed by atoms with E-state index in [0.717, 1.165) is 18.0 Å². The molecule has 26 nitrogen and oxygen atoms in total. The topological polar surface area (TPSA) is 295 Å². The maximum atomic E-state index is 15.3. The average molecular weight is 1360 g/mol. The Morgan fingerprint density at radius 1 is 0.500 bits per heavy atom. The van der Waals surface area contributed by atoms with Crippen molar-refractivity contribution in [1.82, 2.24) is 65.4 Å². The maximum Gasteiger partial charge on any atom is 0.246 e. The van der Waals surface area contributed by atoms with Crippen LogP contribution < -0.4 is 21.3 Å². The molecule has 0 bridgehead atoms. The Morgan fingerprint density at radius 3 is 1.47 bits per heavy atom. The number of amides is 11. The van der Waals surface area contributed by atoms with Gasteiger partial charge in [0.05, 0.1) is 25.4 Å². The van der Waals surface area contributed by atoms with Gasteiger partial charge in [-0.15, -0.1) is 0 Å². The third kappa shape index (κ3) is 22.1. The number of hydrogen-bond donors (Lipinski definition) is 5. The lowest BCUT2D eigenvalue weighted by atomic mass is 9.91. The van der Waals surface area contributed by atoms with Crippen LogP contribution in [0.3, 0.4) is 0 Å². The van der Waals surface area contributed by atoms with E-state index in [2.05, 4.69) is 31.1 Å². The second-order valence-corrected chi connectivity index (χ2v) is 29.6. The molecule has 0 aromatic rings. The minimum atomic E-state index is -1.63. The lowest BCUT2D eigenvalue weighted by molar-refractivity contribution is -0.157. The number of carbonyl (C=O) groups is 11. The van der Waals surface area contributed by atoms with Crippen LogP contribution in [0.5, 0.6) is 0 Å². The van der Waals surface area contributed by atoms with Gasteiger partial charge in [-0.2, -0.15) is 0 Å². The Labute approximate surface area is 574 Å². The number of likely N-dealkylation sites (N-methyl/N-ethyl adjacent to an activating group) is 7. The number of ether oxygens (including phenoxy) is 1. The van der Waals surface area contributed by atoms with Crippen LogP contribution in [0.4, 0.5) is 0 Å². The summed E-state index contributed by atoms with van der Waals surface area (Å²) >= 11 is 0. The third-order valence-corrected chi connectivity index (χ3v) is 19.7. The van der Waals surface area contributed by atoms with Crippen molar-refractivity contribution in [1.29, 1.82) is 0 Å². The summed E-state index contributed by atoms with van der Waals surface area (Å²) in [7, 11) is 10.1. The van der Waals surface area contributed by atoms with E-state index in [9.17, 15) is 24.3 Å². The molecule has 3 heterocycles. The van der Waals surface area contributed by atoms with Crippen LogP contribution in [0, 0.1) is 41.4 Å². The standard InChI is InChI=1S/C70H125N13O13/c1-25-27-28-45(13)59(84)58-63(88)73-51(26-2)66(91)75(18)49(17)65(90)80(23)57(46(14)37-82-31-33-83(34-32-82)50-38-96-39-50)62(87)74-55(43(9)10)69(94)76(19)52(30-29-40(3)4)61(86)71-47(15)60(85)72-48(16)64(89)77(20)53(35-41(5)6)67(92)78(21)54(36-42(7)8)68(93)79(22)56(44(11)12)70(95)81(58)24/h25,27,40-59,84H,26,28-39H2,1-24H3,(H,71,86)(H,72,85)(H,73,88)(H,74,87)/b27-25+/t45-,46+,47+,48-,49-,51+,52+,53+,54+,55+,56+,57+,58+,59-/m1/s1. The molecule has 0 aromatic carbocycles. The second-order valence-electron chi connectivity index (χ2n) is 29.6. The fraction of sp³-hybridized carbons (Fsp3) is 0.814. The zero-order valence-electron chi connectivity index (χ0n) is 62.8. The highest BCUT2D eigenvalue weighted by Crippen LogP contribution is 2.27. The Bertz CT molecular complexity index is 2660. The number of allylic oxidation sites excluding steroid dienone is 2. The first-order chi connectivity index (χ1) is 44.7. The van der Waals surface area contributed by atoms with Gasteiger partial charge in [0, 0.05) is 82.1 Å². The number of aliphatic hydroxyl groups is 1. The zero-order valence-corrected chi connectivity index (χ0v) is 62.8. The molecule has 0 unspecified atom stereocenters. The number of nitrogens with one attached hydrogen (secondary N) is 4. The molecule has 548 valence electrons. The van der Waals surface area contributed by atoms with Crippen LogP contribution in [-0.2, 0) is 57.5 Å². The first kappa shape index (κ1) is 84.0. The molecule has 0 saturated carbocycles. The van der Waals surface area contributed by atoms with E-state index in [0.29, 0.717) is 51.7 Å². The molecular weight excluding hydrogens is 1230 g/mol. The third-order valence-electron chi connectivity index (χ3n) is 19.7. The van der Waals surface area contributed by atoms with Gasteiger partial charge in [-0.25, -0.2) is 0 Å². The van der Waals surface area contributed by atoms with Crippen molar-refractivity contribution in [2.45, 2.75) is 235 Å². The summed E-state index contributed by atoms with van der Waals surface area (Å²) in [4.78, 5) is 178. The van der Waals surface area contributed by atoms with Gasteiger partial charge in [0.25, 0.3) is 0 Å². The van der Waals surface area contributed by atoms with Gasteiger partial charge in [0.1, 0.15) is 66.5 Å². The van der Waals surface area contributed by atoms with Crippen LogP contribution in [0.15, 0.2) is 12.2 Å². The molecule has 0 aromatic heterocycles. The average Bonchev–Trinajstić information content (AvgIpc) is 0.809. The van der Waals surface area contributed by atoms with Gasteiger partial charge < -0.3 is 70.3 Å². The van der Waals surface area contributed by atoms with Crippen LogP contribution in [0.2, 0.25) is 0 Å². The molecule has 11 amide bonds. The summed E-state index contributed by atoms with van der Waals surface area (Å²) < 4.78 is 5.46. The summed E-state index contributed by atoms with van der Waals surface area (Å²) in [5.41, 5.74) is 0. The molecule has 3 saturated heterocycles. The van der Waals surface area contributed by atoms with Crippen molar-refractivity contribution < 1.29 is 62.6 Å². The summed E-state index contributed by atoms with van der Waals surface area (Å²) in [6.07, 6.45) is 3.36. The van der Waals surface area contributed by atoms with E-state index in [4.69, 9.17) is 4.74 Å². The molecule has 0 spiro atoms. The minimum absolute atomic E-state index is 0.00674. The van der Waals surface area contributed by atoms with E-state index < -0.39 is 161 Å². The normalized spacial score (nSPS) is 28.5. The van der Waals surface area contributed by atoms with E-state index in [1.165, 1.54) is 99.5 Å². The monoisotopic (exact) mass is 1360 g/mol. The summed E-state index contributed by atoms with van der Waals surface area (Å²) in [5.74, 6) is -9.97. The molecule has 96 heavy (non-hydrogen) atoms. The minimum Gasteiger partial charge on any atom is -0.390 e. The lowest BCUT2D eigenvalue weighted by Gasteiger charge is -2.44.